The van der Waals surface area contributed by atoms with Crippen LogP contribution in [0.15, 0.2) is 0 Å². The third-order valence-corrected chi connectivity index (χ3v) is 3.49. The number of nitrogens with two attached hydrogens (primary N) is 1. The lowest BCUT2D eigenvalue weighted by Gasteiger charge is -2.24. The van der Waals surface area contributed by atoms with Crippen LogP contribution < -0.4 is 5.73 Å². The van der Waals surface area contributed by atoms with Crippen LogP contribution >= 0.6 is 0 Å². The molecule has 1 saturated carbocycles. The van der Waals surface area contributed by atoms with E-state index < -0.39 is 0 Å². The predicted molar refractivity (Wildman–Crippen MR) is 59.3 cm³/mol. The zero-order valence-electron chi connectivity index (χ0n) is 9.45. The fourth-order valence-corrected chi connectivity index (χ4v) is 2.50. The van der Waals surface area contributed by atoms with Crippen molar-refractivity contribution in [3.05, 3.63) is 0 Å². The molecule has 2 unspecified atom stereocenters. The maximum Gasteiger partial charge on any atom is 0.0235 e. The molecule has 1 aliphatic heterocycles. The molecule has 0 aromatic carbocycles. The Labute approximate surface area is 87.2 Å². The lowest BCUT2D eigenvalue weighted by molar-refractivity contribution is 0.221. The van der Waals surface area contributed by atoms with Gasteiger partial charge in [0.15, 0.2) is 0 Å². The first-order valence-electron chi connectivity index (χ1n) is 5.86. The van der Waals surface area contributed by atoms with E-state index >= 15 is 0 Å². The first-order valence-corrected chi connectivity index (χ1v) is 5.86. The molecule has 2 rings (SSSR count). The molecule has 14 heavy (non-hydrogen) atoms. The summed E-state index contributed by atoms with van der Waals surface area (Å²) in [7, 11) is 2.29. The maximum atomic E-state index is 5.81. The van der Waals surface area contributed by atoms with Crippen molar-refractivity contribution in [3.8, 4) is 0 Å². The number of rotatable bonds is 4. The molecule has 0 radical (unpaired) electrons. The van der Waals surface area contributed by atoms with E-state index in [4.69, 9.17) is 5.73 Å². The van der Waals surface area contributed by atoms with Crippen LogP contribution in [-0.2, 0) is 0 Å². The van der Waals surface area contributed by atoms with Crippen LogP contribution in [0.4, 0.5) is 0 Å². The van der Waals surface area contributed by atoms with Crippen LogP contribution in [0.25, 0.3) is 0 Å². The molecular weight excluding hydrogens is 174 g/mol. The smallest absolute Gasteiger partial charge is 0.0235 e. The van der Waals surface area contributed by atoms with E-state index in [0.29, 0.717) is 6.04 Å². The van der Waals surface area contributed by atoms with Gasteiger partial charge in [-0.05, 0) is 39.8 Å². The molecule has 2 aliphatic rings. The predicted octanol–water partition coefficient (Wildman–Crippen LogP) is 0.502. The monoisotopic (exact) mass is 197 g/mol. The quantitative estimate of drug-likeness (QED) is 0.712. The van der Waals surface area contributed by atoms with E-state index in [2.05, 4.69) is 23.8 Å². The van der Waals surface area contributed by atoms with Crippen molar-refractivity contribution in [1.82, 2.24) is 9.80 Å². The second kappa shape index (κ2) is 4.17. The topological polar surface area (TPSA) is 32.5 Å². The molecule has 82 valence electrons. The van der Waals surface area contributed by atoms with Crippen molar-refractivity contribution < 1.29 is 0 Å². The second-order valence-corrected chi connectivity index (χ2v) is 5.08. The molecule has 0 aromatic heterocycles. The summed E-state index contributed by atoms with van der Waals surface area (Å²) < 4.78 is 0. The molecule has 0 spiro atoms. The highest BCUT2D eigenvalue weighted by atomic mass is 15.3. The van der Waals surface area contributed by atoms with Crippen molar-refractivity contribution in [2.75, 3.05) is 26.7 Å². The molecule has 3 nitrogen and oxygen atoms in total. The molecule has 2 atom stereocenters. The Hall–Kier alpha value is -0.120. The van der Waals surface area contributed by atoms with Crippen LogP contribution in [0, 0.1) is 0 Å². The number of likely N-dealkylation sites (tertiary alicyclic amines) is 1. The van der Waals surface area contributed by atoms with Crippen LogP contribution in [0.5, 0.6) is 0 Å². The SMILES string of the molecule is CC(N)CN1CCC(N(C)C2CC2)C1. The Morgan fingerprint density at radius 1 is 1.36 bits per heavy atom. The Morgan fingerprint density at radius 3 is 2.64 bits per heavy atom. The second-order valence-electron chi connectivity index (χ2n) is 5.08. The summed E-state index contributed by atoms with van der Waals surface area (Å²) in [4.78, 5) is 5.09. The summed E-state index contributed by atoms with van der Waals surface area (Å²) in [6, 6.07) is 2.01. The average Bonchev–Trinajstić information content (AvgIpc) is 2.86. The van der Waals surface area contributed by atoms with Gasteiger partial charge in [-0.1, -0.05) is 0 Å². The van der Waals surface area contributed by atoms with Crippen molar-refractivity contribution in [2.45, 2.75) is 44.3 Å². The van der Waals surface area contributed by atoms with Crippen molar-refractivity contribution in [2.24, 2.45) is 5.73 Å². The van der Waals surface area contributed by atoms with E-state index in [1.807, 2.05) is 0 Å². The molecule has 1 aliphatic carbocycles. The fraction of sp³-hybridized carbons (Fsp3) is 1.00. The van der Waals surface area contributed by atoms with Crippen LogP contribution in [-0.4, -0.2) is 54.6 Å². The zero-order chi connectivity index (χ0) is 10.1. The summed E-state index contributed by atoms with van der Waals surface area (Å²) in [5.41, 5.74) is 5.81. The maximum absolute atomic E-state index is 5.81. The molecule has 2 fully saturated rings. The lowest BCUT2D eigenvalue weighted by Crippen LogP contribution is -2.39. The summed E-state index contributed by atoms with van der Waals surface area (Å²) in [6.45, 7) is 5.63. The molecule has 0 bridgehead atoms. The first-order chi connectivity index (χ1) is 6.66. The van der Waals surface area contributed by atoms with Gasteiger partial charge in [0.1, 0.15) is 0 Å². The van der Waals surface area contributed by atoms with Crippen LogP contribution in [0.3, 0.4) is 0 Å². The Balaban J connectivity index is 1.76. The highest BCUT2D eigenvalue weighted by molar-refractivity contribution is 4.91. The minimum Gasteiger partial charge on any atom is -0.327 e. The molecule has 1 saturated heterocycles. The third kappa shape index (κ3) is 2.47. The molecule has 3 heteroatoms. The average molecular weight is 197 g/mol. The summed E-state index contributed by atoms with van der Waals surface area (Å²) in [6.07, 6.45) is 4.17. The van der Waals surface area contributed by atoms with E-state index in [9.17, 15) is 0 Å². The summed E-state index contributed by atoms with van der Waals surface area (Å²) in [5.74, 6) is 0. The molecule has 1 heterocycles. The van der Waals surface area contributed by atoms with Gasteiger partial charge in [-0.15, -0.1) is 0 Å². The Morgan fingerprint density at radius 2 is 2.07 bits per heavy atom. The van der Waals surface area contributed by atoms with E-state index in [0.717, 1.165) is 18.6 Å². The zero-order valence-corrected chi connectivity index (χ0v) is 9.45. The molecule has 2 N–H and O–H groups in total. The highest BCUT2D eigenvalue weighted by Gasteiger charge is 2.34. The minimum absolute atomic E-state index is 0.319. The lowest BCUT2D eigenvalue weighted by atomic mass is 10.2. The number of hydrogen-bond acceptors (Lipinski definition) is 3. The van der Waals surface area contributed by atoms with Gasteiger partial charge < -0.3 is 10.6 Å². The van der Waals surface area contributed by atoms with Crippen molar-refractivity contribution >= 4 is 0 Å². The van der Waals surface area contributed by atoms with Gasteiger partial charge in [-0.2, -0.15) is 0 Å². The normalized spacial score (nSPS) is 31.3. The van der Waals surface area contributed by atoms with Gasteiger partial charge >= 0.3 is 0 Å². The van der Waals surface area contributed by atoms with Gasteiger partial charge in [0.05, 0.1) is 0 Å². The fourth-order valence-electron chi connectivity index (χ4n) is 2.50. The van der Waals surface area contributed by atoms with E-state index in [1.165, 1.54) is 32.4 Å². The van der Waals surface area contributed by atoms with Crippen molar-refractivity contribution in [1.29, 1.82) is 0 Å². The first kappa shape index (κ1) is 10.4. The third-order valence-electron chi connectivity index (χ3n) is 3.49. The number of nitrogens with zero attached hydrogens (tertiary/aromatic N) is 2. The molecule has 0 aromatic rings. The van der Waals surface area contributed by atoms with Crippen LogP contribution in [0.2, 0.25) is 0 Å². The van der Waals surface area contributed by atoms with E-state index in [1.54, 1.807) is 0 Å². The Bertz CT molecular complexity index is 189. The van der Waals surface area contributed by atoms with Gasteiger partial charge in [-0.3, -0.25) is 4.90 Å². The van der Waals surface area contributed by atoms with Gasteiger partial charge in [0, 0.05) is 31.2 Å². The standard InChI is InChI=1S/C11H23N3/c1-9(12)7-14-6-5-11(8-14)13(2)10-3-4-10/h9-11H,3-8,12H2,1-2H3. The van der Waals surface area contributed by atoms with Gasteiger partial charge in [0.25, 0.3) is 0 Å². The highest BCUT2D eigenvalue weighted by Crippen LogP contribution is 2.29. The molecule has 0 amide bonds. The number of likely N-dealkylation sites (N-methyl/N-ethyl adjacent to an activating group) is 1. The minimum atomic E-state index is 0.319. The van der Waals surface area contributed by atoms with Crippen LogP contribution in [0.1, 0.15) is 26.2 Å². The largest absolute Gasteiger partial charge is 0.327 e. The van der Waals surface area contributed by atoms with Gasteiger partial charge in [-0.25, -0.2) is 0 Å². The van der Waals surface area contributed by atoms with Gasteiger partial charge in [0.2, 0.25) is 0 Å². The summed E-state index contributed by atoms with van der Waals surface area (Å²) >= 11 is 0. The van der Waals surface area contributed by atoms with E-state index in [-0.39, 0.29) is 0 Å². The Kier molecular flexibility index (Phi) is 3.10. The summed E-state index contributed by atoms with van der Waals surface area (Å²) in [5, 5.41) is 0. The molecular formula is C11H23N3. The number of hydrogen-bond donors (Lipinski definition) is 1. The van der Waals surface area contributed by atoms with Crippen molar-refractivity contribution in [3.63, 3.8) is 0 Å².